The molecular formula is C9H14O2. The van der Waals surface area contributed by atoms with Gasteiger partial charge in [-0.25, -0.2) is 0 Å². The molecule has 62 valence electrons. The Morgan fingerprint density at radius 2 is 1.91 bits per heavy atom. The Morgan fingerprint density at radius 1 is 1.36 bits per heavy atom. The van der Waals surface area contributed by atoms with Crippen molar-refractivity contribution in [2.75, 3.05) is 0 Å². The Kier molecular flexibility index (Phi) is 2.12. The summed E-state index contributed by atoms with van der Waals surface area (Å²) in [6, 6.07) is 0. The highest BCUT2D eigenvalue weighted by Gasteiger charge is 2.39. The lowest BCUT2D eigenvalue weighted by Crippen LogP contribution is -2.21. The van der Waals surface area contributed by atoms with Crippen molar-refractivity contribution in [3.8, 4) is 0 Å². The largest absolute Gasteiger partial charge is 0.291 e. The maximum absolute atomic E-state index is 11.2. The predicted octanol–water partition coefficient (Wildman–Crippen LogP) is 1.44. The number of carbonyl (C=O) groups is 2. The van der Waals surface area contributed by atoms with Gasteiger partial charge in [-0.15, -0.1) is 0 Å². The van der Waals surface area contributed by atoms with E-state index in [2.05, 4.69) is 0 Å². The molecule has 0 aromatic heterocycles. The molecule has 2 atom stereocenters. The van der Waals surface area contributed by atoms with E-state index in [1.807, 2.05) is 20.8 Å². The third kappa shape index (κ3) is 1.35. The molecule has 1 rings (SSSR count). The molecular weight excluding hydrogens is 140 g/mol. The molecule has 0 radical (unpaired) electrons. The minimum atomic E-state index is -0.170. The molecule has 0 aliphatic heterocycles. The first-order chi connectivity index (χ1) is 5.04. The van der Waals surface area contributed by atoms with Crippen LogP contribution in [-0.2, 0) is 9.59 Å². The van der Waals surface area contributed by atoms with Gasteiger partial charge in [0, 0.05) is 12.3 Å². The second-order valence-electron chi connectivity index (χ2n) is 3.74. The van der Waals surface area contributed by atoms with E-state index in [9.17, 15) is 9.59 Å². The molecule has 0 amide bonds. The van der Waals surface area contributed by atoms with Crippen molar-refractivity contribution >= 4 is 11.6 Å². The van der Waals surface area contributed by atoms with Gasteiger partial charge in [0.05, 0.1) is 0 Å². The zero-order valence-corrected chi connectivity index (χ0v) is 7.26. The molecule has 2 heteroatoms. The second kappa shape index (κ2) is 2.76. The third-order valence-corrected chi connectivity index (χ3v) is 2.42. The van der Waals surface area contributed by atoms with Crippen molar-refractivity contribution in [3.05, 3.63) is 0 Å². The van der Waals surface area contributed by atoms with Gasteiger partial charge in [-0.05, 0) is 11.8 Å². The summed E-state index contributed by atoms with van der Waals surface area (Å²) in [5.41, 5.74) is 0. The van der Waals surface area contributed by atoms with E-state index in [0.29, 0.717) is 12.3 Å². The van der Waals surface area contributed by atoms with Gasteiger partial charge in [-0.3, -0.25) is 9.59 Å². The van der Waals surface area contributed by atoms with Gasteiger partial charge in [0.1, 0.15) is 0 Å². The Balaban J connectivity index is 2.80. The van der Waals surface area contributed by atoms with Crippen LogP contribution in [0.3, 0.4) is 0 Å². The van der Waals surface area contributed by atoms with Crippen LogP contribution in [0.15, 0.2) is 0 Å². The van der Waals surface area contributed by atoms with Crippen LogP contribution in [0.2, 0.25) is 0 Å². The predicted molar refractivity (Wildman–Crippen MR) is 42.1 cm³/mol. The van der Waals surface area contributed by atoms with Crippen LogP contribution in [-0.4, -0.2) is 11.6 Å². The van der Waals surface area contributed by atoms with Crippen molar-refractivity contribution in [1.29, 1.82) is 0 Å². The summed E-state index contributed by atoms with van der Waals surface area (Å²) in [7, 11) is 0. The number of ketones is 2. The molecule has 0 N–H and O–H groups in total. The first kappa shape index (κ1) is 8.44. The lowest BCUT2D eigenvalue weighted by atomic mass is 9.87. The highest BCUT2D eigenvalue weighted by atomic mass is 16.2. The fourth-order valence-electron chi connectivity index (χ4n) is 1.92. The summed E-state index contributed by atoms with van der Waals surface area (Å²) < 4.78 is 0. The molecule has 0 aromatic rings. The summed E-state index contributed by atoms with van der Waals surface area (Å²) in [6.07, 6.45) is 0.460. The molecule has 1 aliphatic rings. The number of Topliss-reactive ketones (excluding diaryl/α,β-unsaturated/α-hetero) is 2. The Morgan fingerprint density at radius 3 is 2.09 bits per heavy atom. The Hall–Kier alpha value is -0.660. The molecule has 0 spiro atoms. The molecule has 2 unspecified atom stereocenters. The first-order valence-electron chi connectivity index (χ1n) is 4.11. The monoisotopic (exact) mass is 154 g/mol. The van der Waals surface area contributed by atoms with Crippen LogP contribution >= 0.6 is 0 Å². The molecule has 0 saturated heterocycles. The van der Waals surface area contributed by atoms with Crippen molar-refractivity contribution in [2.45, 2.75) is 27.2 Å². The van der Waals surface area contributed by atoms with Crippen molar-refractivity contribution < 1.29 is 9.59 Å². The SMILES string of the molecule is CC(C)C1C(=O)C(=O)CC1C. The van der Waals surface area contributed by atoms with E-state index < -0.39 is 0 Å². The van der Waals surface area contributed by atoms with Crippen LogP contribution < -0.4 is 0 Å². The van der Waals surface area contributed by atoms with Crippen molar-refractivity contribution in [1.82, 2.24) is 0 Å². The van der Waals surface area contributed by atoms with Gasteiger partial charge in [0.2, 0.25) is 5.78 Å². The number of rotatable bonds is 1. The van der Waals surface area contributed by atoms with Crippen LogP contribution in [0, 0.1) is 17.8 Å². The smallest absolute Gasteiger partial charge is 0.201 e. The number of hydrogen-bond acceptors (Lipinski definition) is 2. The standard InChI is InChI=1S/C9H14O2/c1-5(2)8-6(3)4-7(10)9(8)11/h5-6,8H,4H2,1-3H3. The van der Waals surface area contributed by atoms with E-state index in [0.717, 1.165) is 0 Å². The maximum atomic E-state index is 11.2. The van der Waals surface area contributed by atoms with E-state index in [1.54, 1.807) is 0 Å². The van der Waals surface area contributed by atoms with Crippen LogP contribution in [0.1, 0.15) is 27.2 Å². The molecule has 0 aromatic carbocycles. The van der Waals surface area contributed by atoms with E-state index in [1.165, 1.54) is 0 Å². The fraction of sp³-hybridized carbons (Fsp3) is 0.778. The van der Waals surface area contributed by atoms with E-state index >= 15 is 0 Å². The van der Waals surface area contributed by atoms with Gasteiger partial charge < -0.3 is 0 Å². The molecule has 0 heterocycles. The number of carbonyl (C=O) groups excluding carboxylic acids is 2. The zero-order valence-electron chi connectivity index (χ0n) is 7.26. The van der Waals surface area contributed by atoms with Crippen LogP contribution in [0.5, 0.6) is 0 Å². The normalized spacial score (nSPS) is 32.0. The molecule has 11 heavy (non-hydrogen) atoms. The van der Waals surface area contributed by atoms with Gasteiger partial charge in [-0.1, -0.05) is 20.8 Å². The highest BCUT2D eigenvalue weighted by molar-refractivity contribution is 6.40. The first-order valence-corrected chi connectivity index (χ1v) is 4.11. The average molecular weight is 154 g/mol. The van der Waals surface area contributed by atoms with Crippen molar-refractivity contribution in [3.63, 3.8) is 0 Å². The number of hydrogen-bond donors (Lipinski definition) is 0. The highest BCUT2D eigenvalue weighted by Crippen LogP contribution is 2.31. The molecule has 1 aliphatic carbocycles. The summed E-state index contributed by atoms with van der Waals surface area (Å²) in [5, 5.41) is 0. The van der Waals surface area contributed by atoms with Crippen LogP contribution in [0.4, 0.5) is 0 Å². The molecule has 1 saturated carbocycles. The van der Waals surface area contributed by atoms with Crippen molar-refractivity contribution in [2.24, 2.45) is 17.8 Å². The molecule has 0 bridgehead atoms. The second-order valence-corrected chi connectivity index (χ2v) is 3.74. The average Bonchev–Trinajstić information content (AvgIpc) is 2.07. The lowest BCUT2D eigenvalue weighted by molar-refractivity contribution is -0.136. The molecule has 1 fully saturated rings. The summed E-state index contributed by atoms with van der Waals surface area (Å²) in [5.74, 6) is 0.241. The topological polar surface area (TPSA) is 34.1 Å². The molecule has 2 nitrogen and oxygen atoms in total. The van der Waals surface area contributed by atoms with Gasteiger partial charge in [0.25, 0.3) is 0 Å². The third-order valence-electron chi connectivity index (χ3n) is 2.42. The Bertz CT molecular complexity index is 194. The maximum Gasteiger partial charge on any atom is 0.201 e. The van der Waals surface area contributed by atoms with Gasteiger partial charge in [0.15, 0.2) is 5.78 Å². The van der Waals surface area contributed by atoms with Crippen LogP contribution in [0.25, 0.3) is 0 Å². The minimum absolute atomic E-state index is 0.0116. The zero-order chi connectivity index (χ0) is 8.59. The van der Waals surface area contributed by atoms with E-state index in [4.69, 9.17) is 0 Å². The van der Waals surface area contributed by atoms with Gasteiger partial charge in [-0.2, -0.15) is 0 Å². The lowest BCUT2D eigenvalue weighted by Gasteiger charge is -2.15. The van der Waals surface area contributed by atoms with E-state index in [-0.39, 0.29) is 23.4 Å². The summed E-state index contributed by atoms with van der Waals surface area (Å²) in [6.45, 7) is 5.98. The fourth-order valence-corrected chi connectivity index (χ4v) is 1.92. The summed E-state index contributed by atoms with van der Waals surface area (Å²) in [4.78, 5) is 22.2. The van der Waals surface area contributed by atoms with Gasteiger partial charge >= 0.3 is 0 Å². The Labute approximate surface area is 67.0 Å². The quantitative estimate of drug-likeness (QED) is 0.535. The summed E-state index contributed by atoms with van der Waals surface area (Å²) >= 11 is 0. The minimum Gasteiger partial charge on any atom is -0.291 e.